The minimum Gasteiger partial charge on any atom is -0.371 e. The van der Waals surface area contributed by atoms with E-state index in [1.165, 1.54) is 30.3 Å². The van der Waals surface area contributed by atoms with Crippen LogP contribution in [0.1, 0.15) is 35.5 Å². The lowest BCUT2D eigenvalue weighted by Crippen LogP contribution is -2.47. The molecule has 0 saturated carbocycles. The molecule has 1 unspecified atom stereocenters. The molecule has 7 nitrogen and oxygen atoms in total. The van der Waals surface area contributed by atoms with Crippen LogP contribution in [0, 0.1) is 24.1 Å². The first-order chi connectivity index (χ1) is 13.6. The maximum absolute atomic E-state index is 14.5. The molecule has 1 aliphatic rings. The third kappa shape index (κ3) is 3.30. The lowest BCUT2D eigenvalue weighted by atomic mass is 10.0. The van der Waals surface area contributed by atoms with Gasteiger partial charge in [-0.1, -0.05) is 0 Å². The zero-order valence-corrected chi connectivity index (χ0v) is 17.2. The van der Waals surface area contributed by atoms with Gasteiger partial charge in [-0.05, 0) is 62.8 Å². The van der Waals surface area contributed by atoms with Gasteiger partial charge in [0.05, 0.1) is 23.0 Å². The third-order valence-electron chi connectivity index (χ3n) is 4.98. The molecule has 0 spiro atoms. The molecule has 1 aliphatic heterocycles. The Hall–Kier alpha value is -3.09. The van der Waals surface area contributed by atoms with E-state index in [4.69, 9.17) is 17.5 Å². The predicted molar refractivity (Wildman–Crippen MR) is 111 cm³/mol. The Balaban J connectivity index is 2.04. The summed E-state index contributed by atoms with van der Waals surface area (Å²) in [6.07, 6.45) is 0.418. The molecule has 0 bridgehead atoms. The molecule has 1 aromatic heterocycles. The van der Waals surface area contributed by atoms with Crippen molar-refractivity contribution in [2.24, 2.45) is 0 Å². The number of halogens is 1. The van der Waals surface area contributed by atoms with Gasteiger partial charge in [-0.25, -0.2) is 9.37 Å². The summed E-state index contributed by atoms with van der Waals surface area (Å²) in [5, 5.41) is 22.7. The number of aryl methyl sites for hydroxylation is 1. The number of benzene rings is 1. The number of hydrogen-bond donors (Lipinski definition) is 2. The first-order valence-electron chi connectivity index (χ1n) is 8.83. The molecule has 150 valence electrons. The van der Waals surface area contributed by atoms with Crippen LogP contribution in [0.25, 0.3) is 0 Å². The van der Waals surface area contributed by atoms with Crippen LogP contribution < -0.4 is 15.1 Å². The molecule has 2 N–H and O–H groups in total. The van der Waals surface area contributed by atoms with Gasteiger partial charge in [0.2, 0.25) is 0 Å². The topological polar surface area (TPSA) is 92.5 Å². The van der Waals surface area contributed by atoms with Crippen molar-refractivity contribution in [1.29, 1.82) is 5.26 Å². The average molecular weight is 413 g/mol. The highest BCUT2D eigenvalue weighted by Gasteiger charge is 2.50. The predicted octanol–water partition coefficient (Wildman–Crippen LogP) is 2.47. The monoisotopic (exact) mass is 413 g/mol. The highest BCUT2D eigenvalue weighted by molar-refractivity contribution is 7.80. The number of hydrogen-bond acceptors (Lipinski definition) is 5. The lowest BCUT2D eigenvalue weighted by molar-refractivity contribution is 0.0959. The van der Waals surface area contributed by atoms with Crippen molar-refractivity contribution < 1.29 is 14.3 Å². The largest absolute Gasteiger partial charge is 0.371 e. The number of anilines is 2. The molecule has 2 aromatic rings. The van der Waals surface area contributed by atoms with Crippen LogP contribution in [0.2, 0.25) is 0 Å². The zero-order valence-electron chi connectivity index (χ0n) is 16.4. The molecule has 0 aliphatic carbocycles. The summed E-state index contributed by atoms with van der Waals surface area (Å²) >= 11 is 5.60. The lowest BCUT2D eigenvalue weighted by Gasteiger charge is -2.33. The summed E-state index contributed by atoms with van der Waals surface area (Å²) in [5.74, 6) is -1.22. The number of pyridine rings is 1. The van der Waals surface area contributed by atoms with Crippen LogP contribution in [0.3, 0.4) is 0 Å². The summed E-state index contributed by atoms with van der Waals surface area (Å²) < 4.78 is 14.5. The van der Waals surface area contributed by atoms with Crippen LogP contribution in [-0.4, -0.2) is 39.9 Å². The number of nitriles is 1. The van der Waals surface area contributed by atoms with Gasteiger partial charge >= 0.3 is 0 Å². The fraction of sp³-hybridized carbons (Fsp3) is 0.300. The smallest absolute Gasteiger partial charge is 0.253 e. The van der Waals surface area contributed by atoms with Crippen LogP contribution in [0.4, 0.5) is 15.8 Å². The molecule has 2 heterocycles. The highest BCUT2D eigenvalue weighted by Crippen LogP contribution is 2.39. The van der Waals surface area contributed by atoms with E-state index in [-0.39, 0.29) is 16.4 Å². The molecular weight excluding hydrogens is 393 g/mol. The van der Waals surface area contributed by atoms with Gasteiger partial charge in [-0.2, -0.15) is 5.26 Å². The quantitative estimate of drug-likeness (QED) is 0.747. The molecule has 1 fully saturated rings. The van der Waals surface area contributed by atoms with E-state index in [0.29, 0.717) is 16.9 Å². The summed E-state index contributed by atoms with van der Waals surface area (Å²) in [6.45, 7) is 5.30. The van der Waals surface area contributed by atoms with E-state index < -0.39 is 23.5 Å². The minimum absolute atomic E-state index is 0.0801. The molecule has 1 amide bonds. The van der Waals surface area contributed by atoms with E-state index in [1.54, 1.807) is 37.8 Å². The molecule has 1 atom stereocenters. The minimum atomic E-state index is -1.05. The van der Waals surface area contributed by atoms with Gasteiger partial charge in [-0.3, -0.25) is 9.69 Å². The molecule has 9 heteroatoms. The Morgan fingerprint density at radius 3 is 2.62 bits per heavy atom. The fourth-order valence-corrected chi connectivity index (χ4v) is 3.90. The van der Waals surface area contributed by atoms with Crippen LogP contribution >= 0.6 is 12.2 Å². The first-order valence-corrected chi connectivity index (χ1v) is 9.24. The standard InChI is InChI=1S/C20H20FN5O2S/c1-11-7-13(10-24-16(11)9-22)25-18(28)20(2,3)26(19(25)29)12-5-6-14(15(21)8-12)17(27)23-4/h5-8,10,18,28H,1-4H3,(H,23,27). The zero-order chi connectivity index (χ0) is 21.5. The average Bonchev–Trinajstić information content (AvgIpc) is 2.85. The number of aliphatic hydroxyl groups is 1. The molecule has 29 heavy (non-hydrogen) atoms. The number of carbonyl (C=O) groups is 1. The van der Waals surface area contributed by atoms with Gasteiger partial charge in [0.1, 0.15) is 17.6 Å². The van der Waals surface area contributed by atoms with E-state index in [9.17, 15) is 14.3 Å². The molecule has 1 saturated heterocycles. The summed E-state index contributed by atoms with van der Waals surface area (Å²) in [4.78, 5) is 19.0. The van der Waals surface area contributed by atoms with E-state index >= 15 is 0 Å². The molecular formula is C20H20FN5O2S. The fourth-order valence-electron chi connectivity index (χ4n) is 3.36. The van der Waals surface area contributed by atoms with E-state index in [2.05, 4.69) is 10.3 Å². The van der Waals surface area contributed by atoms with Crippen molar-refractivity contribution in [1.82, 2.24) is 10.3 Å². The molecule has 3 rings (SSSR count). The van der Waals surface area contributed by atoms with Crippen LogP contribution in [0.5, 0.6) is 0 Å². The summed E-state index contributed by atoms with van der Waals surface area (Å²) in [6, 6.07) is 7.90. The van der Waals surface area contributed by atoms with Gasteiger partial charge < -0.3 is 15.3 Å². The number of nitrogens with one attached hydrogen (secondary N) is 1. The normalized spacial score (nSPS) is 18.0. The van der Waals surface area contributed by atoms with E-state index in [1.807, 2.05) is 6.07 Å². The number of aromatic nitrogens is 1. The Morgan fingerprint density at radius 1 is 1.38 bits per heavy atom. The number of thiocarbonyl (C=S) groups is 1. The summed E-state index contributed by atoms with van der Waals surface area (Å²) in [7, 11) is 1.43. The third-order valence-corrected chi connectivity index (χ3v) is 5.36. The Labute approximate surface area is 173 Å². The second-order valence-electron chi connectivity index (χ2n) is 7.23. The van der Waals surface area contributed by atoms with Crippen molar-refractivity contribution in [3.63, 3.8) is 0 Å². The number of amides is 1. The van der Waals surface area contributed by atoms with Crippen LogP contribution in [-0.2, 0) is 0 Å². The van der Waals surface area contributed by atoms with Gasteiger partial charge in [-0.15, -0.1) is 0 Å². The highest BCUT2D eigenvalue weighted by atomic mass is 32.1. The summed E-state index contributed by atoms with van der Waals surface area (Å²) in [5.41, 5.74) is 0.888. The maximum Gasteiger partial charge on any atom is 0.253 e. The van der Waals surface area contributed by atoms with Gasteiger partial charge in [0.25, 0.3) is 5.91 Å². The second-order valence-corrected chi connectivity index (χ2v) is 7.59. The van der Waals surface area contributed by atoms with Crippen molar-refractivity contribution in [2.75, 3.05) is 16.8 Å². The van der Waals surface area contributed by atoms with Crippen molar-refractivity contribution in [3.05, 3.63) is 53.1 Å². The Bertz CT molecular complexity index is 1050. The Kier molecular flexibility index (Phi) is 5.26. The maximum atomic E-state index is 14.5. The first kappa shape index (κ1) is 20.6. The molecule has 1 aromatic carbocycles. The van der Waals surface area contributed by atoms with Crippen molar-refractivity contribution in [3.8, 4) is 6.07 Å². The van der Waals surface area contributed by atoms with Crippen molar-refractivity contribution in [2.45, 2.75) is 32.5 Å². The number of nitrogens with zero attached hydrogens (tertiary/aromatic N) is 4. The van der Waals surface area contributed by atoms with Gasteiger partial charge in [0.15, 0.2) is 11.3 Å². The van der Waals surface area contributed by atoms with Crippen LogP contribution in [0.15, 0.2) is 30.5 Å². The van der Waals surface area contributed by atoms with Crippen molar-refractivity contribution >= 4 is 34.6 Å². The van der Waals surface area contributed by atoms with E-state index in [0.717, 1.165) is 0 Å². The molecule has 0 radical (unpaired) electrons. The number of aliphatic hydroxyl groups excluding tert-OH is 1. The Morgan fingerprint density at radius 2 is 2.07 bits per heavy atom. The SMILES string of the molecule is CNC(=O)c1ccc(N2C(=S)N(c3cnc(C#N)c(C)c3)C(O)C2(C)C)cc1F. The second kappa shape index (κ2) is 7.39. The number of carbonyl (C=O) groups excluding carboxylic acids is 1. The number of rotatable bonds is 3. The van der Waals surface area contributed by atoms with Gasteiger partial charge in [0, 0.05) is 12.7 Å².